The number of nitrogens with zero attached hydrogens (tertiary/aromatic N) is 2. The van der Waals surface area contributed by atoms with Crippen molar-refractivity contribution in [1.29, 1.82) is 5.26 Å². The monoisotopic (exact) mass is 222 g/mol. The third-order valence-electron chi connectivity index (χ3n) is 1.97. The van der Waals surface area contributed by atoms with E-state index in [9.17, 15) is 0 Å². The minimum atomic E-state index is 0.499. The maximum atomic E-state index is 8.70. The van der Waals surface area contributed by atoms with Gasteiger partial charge in [0.05, 0.1) is 4.47 Å². The van der Waals surface area contributed by atoms with Crippen molar-refractivity contribution in [1.82, 2.24) is 4.98 Å². The van der Waals surface area contributed by atoms with Crippen LogP contribution in [0.4, 0.5) is 0 Å². The Labute approximate surface area is 79.4 Å². The fourth-order valence-electron chi connectivity index (χ4n) is 1.14. The topological polar surface area (TPSA) is 36.7 Å². The first-order valence-electron chi connectivity index (χ1n) is 3.88. The molecule has 0 amide bonds. The SMILES string of the molecule is N#Cc1nc(C2CC2)ccc1Br. The molecule has 0 N–H and O–H groups in total. The van der Waals surface area contributed by atoms with Crippen LogP contribution in [-0.2, 0) is 0 Å². The lowest BCUT2D eigenvalue weighted by Crippen LogP contribution is -1.90. The zero-order valence-electron chi connectivity index (χ0n) is 6.42. The molecule has 0 saturated heterocycles. The predicted molar refractivity (Wildman–Crippen MR) is 48.6 cm³/mol. The quantitative estimate of drug-likeness (QED) is 0.733. The molecule has 1 aliphatic rings. The van der Waals surface area contributed by atoms with Crippen molar-refractivity contribution in [2.75, 3.05) is 0 Å². The van der Waals surface area contributed by atoms with Gasteiger partial charge in [-0.2, -0.15) is 5.26 Å². The highest BCUT2D eigenvalue weighted by molar-refractivity contribution is 9.10. The van der Waals surface area contributed by atoms with E-state index in [4.69, 9.17) is 5.26 Å². The molecule has 0 spiro atoms. The van der Waals surface area contributed by atoms with Crippen molar-refractivity contribution in [2.24, 2.45) is 0 Å². The van der Waals surface area contributed by atoms with Gasteiger partial charge in [-0.3, -0.25) is 0 Å². The largest absolute Gasteiger partial charge is 0.241 e. The van der Waals surface area contributed by atoms with Crippen molar-refractivity contribution >= 4 is 15.9 Å². The van der Waals surface area contributed by atoms with E-state index in [1.165, 1.54) is 12.8 Å². The van der Waals surface area contributed by atoms with Gasteiger partial charge < -0.3 is 0 Å². The van der Waals surface area contributed by atoms with Crippen LogP contribution in [0.25, 0.3) is 0 Å². The Bertz CT molecular complexity index is 350. The molecule has 0 atom stereocenters. The molecule has 1 fully saturated rings. The van der Waals surface area contributed by atoms with Gasteiger partial charge in [-0.1, -0.05) is 0 Å². The average molecular weight is 223 g/mol. The van der Waals surface area contributed by atoms with Crippen LogP contribution in [0.1, 0.15) is 30.1 Å². The number of halogens is 1. The molecule has 1 aromatic rings. The molecule has 0 bridgehead atoms. The van der Waals surface area contributed by atoms with Gasteiger partial charge in [0.1, 0.15) is 6.07 Å². The summed E-state index contributed by atoms with van der Waals surface area (Å²) in [5.41, 5.74) is 1.56. The van der Waals surface area contributed by atoms with Gasteiger partial charge in [-0.15, -0.1) is 0 Å². The molecular weight excluding hydrogens is 216 g/mol. The summed E-state index contributed by atoms with van der Waals surface area (Å²) < 4.78 is 0.786. The van der Waals surface area contributed by atoms with E-state index in [-0.39, 0.29) is 0 Å². The number of pyridine rings is 1. The Morgan fingerprint density at radius 1 is 1.50 bits per heavy atom. The van der Waals surface area contributed by atoms with Crippen LogP contribution in [0.5, 0.6) is 0 Å². The lowest BCUT2D eigenvalue weighted by Gasteiger charge is -1.98. The van der Waals surface area contributed by atoms with Crippen molar-refractivity contribution in [2.45, 2.75) is 18.8 Å². The molecule has 60 valence electrons. The maximum Gasteiger partial charge on any atom is 0.154 e. The summed E-state index contributed by atoms with van der Waals surface area (Å²) in [5.74, 6) is 0.616. The highest BCUT2D eigenvalue weighted by Crippen LogP contribution is 2.39. The minimum absolute atomic E-state index is 0.499. The Balaban J connectivity index is 2.42. The van der Waals surface area contributed by atoms with E-state index in [2.05, 4.69) is 27.0 Å². The van der Waals surface area contributed by atoms with E-state index in [0.29, 0.717) is 11.6 Å². The van der Waals surface area contributed by atoms with Crippen LogP contribution in [0.15, 0.2) is 16.6 Å². The molecule has 0 unspecified atom stereocenters. The number of rotatable bonds is 1. The van der Waals surface area contributed by atoms with Crippen LogP contribution in [0.3, 0.4) is 0 Å². The average Bonchev–Trinajstić information content (AvgIpc) is 2.88. The number of aromatic nitrogens is 1. The Hall–Kier alpha value is -0.880. The lowest BCUT2D eigenvalue weighted by molar-refractivity contribution is 1.01. The molecule has 2 rings (SSSR count). The molecule has 3 heteroatoms. The first-order valence-corrected chi connectivity index (χ1v) is 4.67. The minimum Gasteiger partial charge on any atom is -0.241 e. The van der Waals surface area contributed by atoms with Gasteiger partial charge in [-0.05, 0) is 40.9 Å². The summed E-state index contributed by atoms with van der Waals surface area (Å²) in [4.78, 5) is 4.24. The van der Waals surface area contributed by atoms with E-state index < -0.39 is 0 Å². The van der Waals surface area contributed by atoms with Crippen LogP contribution in [0.2, 0.25) is 0 Å². The summed E-state index contributed by atoms with van der Waals surface area (Å²) in [6.07, 6.45) is 2.44. The van der Waals surface area contributed by atoms with E-state index in [1.54, 1.807) is 0 Å². The van der Waals surface area contributed by atoms with Gasteiger partial charge in [0, 0.05) is 11.6 Å². The van der Waals surface area contributed by atoms with Crippen LogP contribution in [-0.4, -0.2) is 4.98 Å². The van der Waals surface area contributed by atoms with Crippen molar-refractivity contribution in [3.05, 3.63) is 28.0 Å². The highest BCUT2D eigenvalue weighted by Gasteiger charge is 2.25. The second-order valence-corrected chi connectivity index (χ2v) is 3.81. The second-order valence-electron chi connectivity index (χ2n) is 2.95. The maximum absolute atomic E-state index is 8.70. The molecule has 0 aromatic carbocycles. The number of hydrogen-bond donors (Lipinski definition) is 0. The Kier molecular flexibility index (Phi) is 1.86. The fraction of sp³-hybridized carbons (Fsp3) is 0.333. The van der Waals surface area contributed by atoms with Crippen molar-refractivity contribution in [3.63, 3.8) is 0 Å². The van der Waals surface area contributed by atoms with Gasteiger partial charge in [0.2, 0.25) is 0 Å². The molecule has 1 heterocycles. The Morgan fingerprint density at radius 3 is 2.83 bits per heavy atom. The van der Waals surface area contributed by atoms with Gasteiger partial charge in [0.25, 0.3) is 0 Å². The molecule has 12 heavy (non-hydrogen) atoms. The molecule has 0 radical (unpaired) electrons. The van der Waals surface area contributed by atoms with Crippen molar-refractivity contribution in [3.8, 4) is 6.07 Å². The third kappa shape index (κ3) is 1.35. The summed E-state index contributed by atoms with van der Waals surface area (Å²) in [5, 5.41) is 8.70. The predicted octanol–water partition coefficient (Wildman–Crippen LogP) is 2.59. The normalized spacial score (nSPS) is 15.7. The third-order valence-corrected chi connectivity index (χ3v) is 2.61. The van der Waals surface area contributed by atoms with Crippen LogP contribution in [0, 0.1) is 11.3 Å². The summed E-state index contributed by atoms with van der Waals surface area (Å²) in [6.45, 7) is 0. The number of hydrogen-bond acceptors (Lipinski definition) is 2. The number of nitriles is 1. The molecular formula is C9H7BrN2. The zero-order valence-corrected chi connectivity index (χ0v) is 8.00. The van der Waals surface area contributed by atoms with Gasteiger partial charge in [0.15, 0.2) is 5.69 Å². The molecule has 2 nitrogen and oxygen atoms in total. The molecule has 1 saturated carbocycles. The van der Waals surface area contributed by atoms with E-state index >= 15 is 0 Å². The zero-order chi connectivity index (χ0) is 8.55. The smallest absolute Gasteiger partial charge is 0.154 e. The molecule has 1 aromatic heterocycles. The van der Waals surface area contributed by atoms with Gasteiger partial charge >= 0.3 is 0 Å². The standard InChI is InChI=1S/C9H7BrN2/c10-7-3-4-8(6-1-2-6)12-9(7)5-11/h3-4,6H,1-2H2. The van der Waals surface area contributed by atoms with Crippen LogP contribution >= 0.6 is 15.9 Å². The van der Waals surface area contributed by atoms with E-state index in [0.717, 1.165) is 10.2 Å². The summed E-state index contributed by atoms with van der Waals surface area (Å²) in [6, 6.07) is 5.95. The van der Waals surface area contributed by atoms with Crippen molar-refractivity contribution < 1.29 is 0 Å². The molecule has 0 aliphatic heterocycles. The summed E-state index contributed by atoms with van der Waals surface area (Å²) in [7, 11) is 0. The Morgan fingerprint density at radius 2 is 2.25 bits per heavy atom. The second kappa shape index (κ2) is 2.87. The summed E-state index contributed by atoms with van der Waals surface area (Å²) >= 11 is 3.28. The first kappa shape index (κ1) is 7.75. The van der Waals surface area contributed by atoms with E-state index in [1.807, 2.05) is 12.1 Å². The first-order chi connectivity index (χ1) is 5.81. The van der Waals surface area contributed by atoms with Gasteiger partial charge in [-0.25, -0.2) is 4.98 Å². The fourth-order valence-corrected chi connectivity index (χ4v) is 1.45. The van der Waals surface area contributed by atoms with Crippen LogP contribution < -0.4 is 0 Å². The molecule has 1 aliphatic carbocycles. The highest BCUT2D eigenvalue weighted by atomic mass is 79.9. The lowest BCUT2D eigenvalue weighted by atomic mass is 10.2.